The maximum absolute atomic E-state index is 7.78. The summed E-state index contributed by atoms with van der Waals surface area (Å²) < 4.78 is 0. The van der Waals surface area contributed by atoms with E-state index < -0.39 is 0 Å². The Morgan fingerprint density at radius 3 is 2.55 bits per heavy atom. The van der Waals surface area contributed by atoms with Gasteiger partial charge in [-0.15, -0.1) is 11.8 Å². The Bertz CT molecular complexity index is 576. The molecule has 3 N–H and O–H groups in total. The summed E-state index contributed by atoms with van der Waals surface area (Å²) in [6.45, 7) is 4.06. The van der Waals surface area contributed by atoms with Crippen molar-refractivity contribution in [3.05, 3.63) is 59.3 Å². The van der Waals surface area contributed by atoms with E-state index in [0.717, 1.165) is 22.0 Å². The van der Waals surface area contributed by atoms with E-state index in [2.05, 4.69) is 24.0 Å². The van der Waals surface area contributed by atoms with Gasteiger partial charge in [-0.05, 0) is 37.1 Å². The van der Waals surface area contributed by atoms with Gasteiger partial charge >= 0.3 is 0 Å². The molecule has 0 fully saturated rings. The predicted octanol–water partition coefficient (Wildman–Crippen LogP) is 3.51. The van der Waals surface area contributed by atoms with Gasteiger partial charge in [0, 0.05) is 11.4 Å². The maximum Gasteiger partial charge on any atom is 0.0990 e. The van der Waals surface area contributed by atoms with Crippen molar-refractivity contribution < 1.29 is 0 Å². The van der Waals surface area contributed by atoms with Gasteiger partial charge in [-0.3, -0.25) is 5.41 Å². The highest BCUT2D eigenvalue weighted by molar-refractivity contribution is 7.99. The molecule has 0 saturated carbocycles. The molecule has 2 aromatic rings. The van der Waals surface area contributed by atoms with E-state index in [1.54, 1.807) is 11.8 Å². The number of nitrogens with zero attached hydrogens (tertiary/aromatic N) is 1. The Balaban J connectivity index is 2.12. The molecular formula is C16H19N3S. The first-order valence-corrected chi connectivity index (χ1v) is 7.52. The number of pyridine rings is 1. The number of nitrogens with two attached hydrogens (primary N) is 1. The number of aromatic nitrogens is 1. The number of aryl methyl sites for hydroxylation is 2. The molecule has 3 nitrogen and oxygen atoms in total. The first-order valence-electron chi connectivity index (χ1n) is 6.53. The van der Waals surface area contributed by atoms with E-state index in [1.807, 2.05) is 37.3 Å². The second-order valence-electron chi connectivity index (χ2n) is 4.85. The zero-order chi connectivity index (χ0) is 14.5. The summed E-state index contributed by atoms with van der Waals surface area (Å²) in [7, 11) is 0. The topological polar surface area (TPSA) is 62.8 Å². The third-order valence-corrected chi connectivity index (χ3v) is 4.05. The second-order valence-corrected chi connectivity index (χ2v) is 5.89. The van der Waals surface area contributed by atoms with Crippen molar-refractivity contribution in [3.8, 4) is 0 Å². The van der Waals surface area contributed by atoms with Crippen molar-refractivity contribution in [2.45, 2.75) is 24.8 Å². The van der Waals surface area contributed by atoms with Crippen LogP contribution in [0.1, 0.15) is 22.7 Å². The molecule has 0 spiro atoms. The maximum atomic E-state index is 7.78. The molecule has 0 aliphatic carbocycles. The number of hydrogen-bond donors (Lipinski definition) is 2. The van der Waals surface area contributed by atoms with Crippen molar-refractivity contribution in [2.24, 2.45) is 5.73 Å². The second kappa shape index (κ2) is 6.57. The van der Waals surface area contributed by atoms with Gasteiger partial charge in [-0.2, -0.15) is 0 Å². The molecule has 1 aromatic carbocycles. The average molecular weight is 285 g/mol. The molecule has 0 radical (unpaired) electrons. The van der Waals surface area contributed by atoms with E-state index in [9.17, 15) is 0 Å². The number of nitrogens with one attached hydrogen (secondary N) is 1. The summed E-state index contributed by atoms with van der Waals surface area (Å²) in [4.78, 5) is 4.51. The van der Waals surface area contributed by atoms with Crippen molar-refractivity contribution in [3.63, 3.8) is 0 Å². The standard InChI is InChI=1S/C16H19N3S/c1-11-8-12(2)19-15(9-11)20-10-14(16(17)18)13-6-4-3-5-7-13/h3-9,14H,10H2,1-2H3,(H3,17,18). The van der Waals surface area contributed by atoms with Crippen molar-refractivity contribution >= 4 is 17.6 Å². The third-order valence-electron chi connectivity index (χ3n) is 3.05. The fourth-order valence-corrected chi connectivity index (χ4v) is 3.29. The third kappa shape index (κ3) is 3.84. The highest BCUT2D eigenvalue weighted by Crippen LogP contribution is 2.26. The van der Waals surface area contributed by atoms with Crippen LogP contribution in [0.4, 0.5) is 0 Å². The Hall–Kier alpha value is -1.81. The Labute approximate surface area is 124 Å². The minimum atomic E-state index is -0.0659. The lowest BCUT2D eigenvalue weighted by Crippen LogP contribution is -2.22. The van der Waals surface area contributed by atoms with Crippen LogP contribution in [0.3, 0.4) is 0 Å². The van der Waals surface area contributed by atoms with Gasteiger partial charge < -0.3 is 5.73 Å². The monoisotopic (exact) mass is 285 g/mol. The number of amidine groups is 1. The lowest BCUT2D eigenvalue weighted by atomic mass is 10.0. The van der Waals surface area contributed by atoms with Crippen LogP contribution in [-0.2, 0) is 0 Å². The minimum absolute atomic E-state index is 0.0659. The van der Waals surface area contributed by atoms with Crippen LogP contribution in [0, 0.1) is 19.3 Å². The summed E-state index contributed by atoms with van der Waals surface area (Å²) >= 11 is 1.65. The smallest absolute Gasteiger partial charge is 0.0990 e. The van der Waals surface area contributed by atoms with Crippen molar-refractivity contribution in [2.75, 3.05) is 5.75 Å². The van der Waals surface area contributed by atoms with Crippen molar-refractivity contribution in [1.29, 1.82) is 5.41 Å². The first-order chi connectivity index (χ1) is 9.56. The van der Waals surface area contributed by atoms with Gasteiger partial charge in [0.2, 0.25) is 0 Å². The van der Waals surface area contributed by atoms with Crippen LogP contribution in [0.5, 0.6) is 0 Å². The average Bonchev–Trinajstić information content (AvgIpc) is 2.38. The van der Waals surface area contributed by atoms with Crippen LogP contribution in [0.2, 0.25) is 0 Å². The molecular weight excluding hydrogens is 266 g/mol. The van der Waals surface area contributed by atoms with Gasteiger partial charge in [0.15, 0.2) is 0 Å². The summed E-state index contributed by atoms with van der Waals surface area (Å²) in [5, 5.41) is 8.77. The highest BCUT2D eigenvalue weighted by atomic mass is 32.2. The molecule has 104 valence electrons. The van der Waals surface area contributed by atoms with Crippen LogP contribution >= 0.6 is 11.8 Å². The Kier molecular flexibility index (Phi) is 4.79. The van der Waals surface area contributed by atoms with Crippen LogP contribution in [-0.4, -0.2) is 16.6 Å². The van der Waals surface area contributed by atoms with E-state index >= 15 is 0 Å². The lowest BCUT2D eigenvalue weighted by Gasteiger charge is -2.15. The summed E-state index contributed by atoms with van der Waals surface area (Å²) in [6.07, 6.45) is 0. The number of thioether (sulfide) groups is 1. The first kappa shape index (κ1) is 14.6. The van der Waals surface area contributed by atoms with E-state index in [1.165, 1.54) is 5.56 Å². The zero-order valence-corrected chi connectivity index (χ0v) is 12.6. The van der Waals surface area contributed by atoms with Gasteiger partial charge in [0.1, 0.15) is 0 Å². The normalized spacial score (nSPS) is 12.1. The van der Waals surface area contributed by atoms with Gasteiger partial charge in [0.05, 0.1) is 16.8 Å². The lowest BCUT2D eigenvalue weighted by molar-refractivity contribution is 0.992. The molecule has 1 unspecified atom stereocenters. The van der Waals surface area contributed by atoms with Gasteiger partial charge in [0.25, 0.3) is 0 Å². The molecule has 0 bridgehead atoms. The summed E-state index contributed by atoms with van der Waals surface area (Å²) in [5.41, 5.74) is 9.05. The molecule has 1 aromatic heterocycles. The molecule has 0 amide bonds. The van der Waals surface area contributed by atoms with E-state index in [0.29, 0.717) is 0 Å². The van der Waals surface area contributed by atoms with E-state index in [4.69, 9.17) is 11.1 Å². The Morgan fingerprint density at radius 1 is 1.25 bits per heavy atom. The Morgan fingerprint density at radius 2 is 1.95 bits per heavy atom. The molecule has 1 heterocycles. The zero-order valence-electron chi connectivity index (χ0n) is 11.8. The van der Waals surface area contributed by atoms with Gasteiger partial charge in [-0.25, -0.2) is 4.98 Å². The molecule has 0 aliphatic rings. The van der Waals surface area contributed by atoms with Crippen LogP contribution in [0.15, 0.2) is 47.5 Å². The summed E-state index contributed by atoms with van der Waals surface area (Å²) in [5.74, 6) is 0.867. The molecule has 0 saturated heterocycles. The largest absolute Gasteiger partial charge is 0.387 e. The molecule has 0 aliphatic heterocycles. The SMILES string of the molecule is Cc1cc(C)nc(SCC(C(=N)N)c2ccccc2)c1. The molecule has 2 rings (SSSR count). The van der Waals surface area contributed by atoms with Crippen molar-refractivity contribution in [1.82, 2.24) is 4.98 Å². The quantitative estimate of drug-likeness (QED) is 0.502. The van der Waals surface area contributed by atoms with Crippen LogP contribution < -0.4 is 5.73 Å². The molecule has 4 heteroatoms. The number of benzene rings is 1. The molecule has 1 atom stereocenters. The van der Waals surface area contributed by atoms with Crippen LogP contribution in [0.25, 0.3) is 0 Å². The van der Waals surface area contributed by atoms with Gasteiger partial charge in [-0.1, -0.05) is 30.3 Å². The van der Waals surface area contributed by atoms with E-state index in [-0.39, 0.29) is 11.8 Å². The fraction of sp³-hybridized carbons (Fsp3) is 0.250. The summed E-state index contributed by atoms with van der Waals surface area (Å²) in [6, 6.07) is 14.1. The predicted molar refractivity (Wildman–Crippen MR) is 85.5 cm³/mol. The highest BCUT2D eigenvalue weighted by Gasteiger charge is 2.15. The molecule has 20 heavy (non-hydrogen) atoms. The minimum Gasteiger partial charge on any atom is -0.387 e. The number of rotatable bonds is 5. The number of hydrogen-bond acceptors (Lipinski definition) is 3. The fourth-order valence-electron chi connectivity index (χ4n) is 2.10.